The van der Waals surface area contributed by atoms with E-state index in [4.69, 9.17) is 10.8 Å². The largest absolute Gasteiger partial charge is 0.396 e. The van der Waals surface area contributed by atoms with Crippen molar-refractivity contribution in [1.29, 1.82) is 0 Å². The fourth-order valence-electron chi connectivity index (χ4n) is 2.06. The Morgan fingerprint density at radius 3 is 2.44 bits per heavy atom. The van der Waals surface area contributed by atoms with Gasteiger partial charge in [-0.3, -0.25) is 4.79 Å². The van der Waals surface area contributed by atoms with E-state index in [1.54, 1.807) is 0 Å². The number of hydrogen-bond acceptors (Lipinski definition) is 3. The second-order valence-corrected chi connectivity index (χ2v) is 6.32. The van der Waals surface area contributed by atoms with Crippen LogP contribution in [-0.2, 0) is 4.79 Å². The number of carbonyl (C=O) groups excluding carboxylic acids is 1. The number of carbonyl (C=O) groups is 1. The molecule has 0 aliphatic rings. The number of rotatable bonds is 8. The van der Waals surface area contributed by atoms with Crippen LogP contribution in [-0.4, -0.2) is 30.2 Å². The summed E-state index contributed by atoms with van der Waals surface area (Å²) in [5.74, 6) is 0.376. The Morgan fingerprint density at radius 2 is 2.00 bits per heavy atom. The molecule has 0 aromatic rings. The molecule has 2 atom stereocenters. The van der Waals surface area contributed by atoms with E-state index in [1.807, 2.05) is 0 Å². The van der Waals surface area contributed by atoms with Crippen LogP contribution in [0.15, 0.2) is 0 Å². The first-order valence-electron chi connectivity index (χ1n) is 6.91. The lowest BCUT2D eigenvalue weighted by atomic mass is 9.87. The summed E-state index contributed by atoms with van der Waals surface area (Å²) >= 11 is 0. The molecule has 0 aliphatic carbocycles. The third-order valence-corrected chi connectivity index (χ3v) is 3.02. The van der Waals surface area contributed by atoms with E-state index in [0.29, 0.717) is 18.9 Å². The Morgan fingerprint density at radius 1 is 1.39 bits per heavy atom. The molecule has 0 aromatic carbocycles. The molecule has 4 nitrogen and oxygen atoms in total. The average Bonchev–Trinajstić information content (AvgIpc) is 2.21. The van der Waals surface area contributed by atoms with Gasteiger partial charge in [-0.05, 0) is 24.2 Å². The molecule has 0 saturated heterocycles. The maximum Gasteiger partial charge on any atom is 0.221 e. The molecule has 18 heavy (non-hydrogen) atoms. The number of nitrogens with two attached hydrogens (primary N) is 1. The second kappa shape index (κ2) is 8.48. The maximum atomic E-state index is 11.7. The second-order valence-electron chi connectivity index (χ2n) is 6.32. The van der Waals surface area contributed by atoms with Crippen molar-refractivity contribution in [3.05, 3.63) is 0 Å². The van der Waals surface area contributed by atoms with Crippen molar-refractivity contribution >= 4 is 5.91 Å². The van der Waals surface area contributed by atoms with Gasteiger partial charge in [-0.2, -0.15) is 0 Å². The van der Waals surface area contributed by atoms with Crippen LogP contribution in [0.3, 0.4) is 0 Å². The average molecular weight is 258 g/mol. The zero-order valence-corrected chi connectivity index (χ0v) is 12.3. The molecule has 0 saturated carbocycles. The lowest BCUT2D eigenvalue weighted by Gasteiger charge is -2.23. The van der Waals surface area contributed by atoms with Gasteiger partial charge in [0.05, 0.1) is 0 Å². The third kappa shape index (κ3) is 9.42. The first-order chi connectivity index (χ1) is 8.28. The van der Waals surface area contributed by atoms with Crippen LogP contribution in [0.4, 0.5) is 0 Å². The molecule has 0 radical (unpaired) electrons. The summed E-state index contributed by atoms with van der Waals surface area (Å²) in [6.45, 7) is 9.26. The van der Waals surface area contributed by atoms with Gasteiger partial charge in [0, 0.05) is 25.6 Å². The number of aliphatic hydroxyl groups is 1. The van der Waals surface area contributed by atoms with Gasteiger partial charge < -0.3 is 16.2 Å². The summed E-state index contributed by atoms with van der Waals surface area (Å²) in [5.41, 5.74) is 6.11. The molecule has 1 amide bonds. The monoisotopic (exact) mass is 258 g/mol. The molecule has 0 spiro atoms. The first-order valence-corrected chi connectivity index (χ1v) is 6.91. The van der Waals surface area contributed by atoms with E-state index < -0.39 is 0 Å². The van der Waals surface area contributed by atoms with E-state index in [9.17, 15) is 4.79 Å². The van der Waals surface area contributed by atoms with Crippen molar-refractivity contribution in [2.75, 3.05) is 13.2 Å². The Kier molecular flexibility index (Phi) is 8.20. The SMILES string of the molecule is CCC(CCO)CNC(=O)CC(N)CC(C)(C)C. The van der Waals surface area contributed by atoms with Crippen molar-refractivity contribution in [2.45, 2.75) is 59.4 Å². The number of amides is 1. The highest BCUT2D eigenvalue weighted by Crippen LogP contribution is 2.20. The van der Waals surface area contributed by atoms with Crippen LogP contribution in [0.2, 0.25) is 0 Å². The van der Waals surface area contributed by atoms with E-state index in [1.165, 1.54) is 0 Å². The Hall–Kier alpha value is -0.610. The molecule has 0 aromatic heterocycles. The van der Waals surface area contributed by atoms with Gasteiger partial charge in [-0.15, -0.1) is 0 Å². The standard InChI is InChI=1S/C14H30N2O2/c1-5-11(6-7-17)10-16-13(18)8-12(15)9-14(2,3)4/h11-12,17H,5-10,15H2,1-4H3,(H,16,18). The summed E-state index contributed by atoms with van der Waals surface area (Å²) in [7, 11) is 0. The highest BCUT2D eigenvalue weighted by molar-refractivity contribution is 5.76. The lowest BCUT2D eigenvalue weighted by molar-refractivity contribution is -0.121. The minimum absolute atomic E-state index is 0.0168. The highest BCUT2D eigenvalue weighted by atomic mass is 16.3. The normalized spacial score (nSPS) is 15.2. The van der Waals surface area contributed by atoms with Gasteiger partial charge in [0.15, 0.2) is 0 Å². The molecule has 0 rings (SSSR count). The summed E-state index contributed by atoms with van der Waals surface area (Å²) in [6, 6.07) is -0.0806. The molecule has 108 valence electrons. The summed E-state index contributed by atoms with van der Waals surface area (Å²) in [5, 5.41) is 11.8. The third-order valence-electron chi connectivity index (χ3n) is 3.02. The summed E-state index contributed by atoms with van der Waals surface area (Å²) in [4.78, 5) is 11.7. The Balaban J connectivity index is 3.89. The van der Waals surface area contributed by atoms with Crippen LogP contribution in [0.5, 0.6) is 0 Å². The van der Waals surface area contributed by atoms with Crippen molar-refractivity contribution in [3.63, 3.8) is 0 Å². The fraction of sp³-hybridized carbons (Fsp3) is 0.929. The highest BCUT2D eigenvalue weighted by Gasteiger charge is 2.18. The predicted octanol–water partition coefficient (Wildman–Crippen LogP) is 1.66. The van der Waals surface area contributed by atoms with Crippen LogP contribution in [0.25, 0.3) is 0 Å². The van der Waals surface area contributed by atoms with Gasteiger partial charge in [0.1, 0.15) is 0 Å². The van der Waals surface area contributed by atoms with Crippen molar-refractivity contribution in [3.8, 4) is 0 Å². The molecule has 2 unspecified atom stereocenters. The zero-order chi connectivity index (χ0) is 14.2. The van der Waals surface area contributed by atoms with Crippen LogP contribution >= 0.6 is 0 Å². The van der Waals surface area contributed by atoms with E-state index in [-0.39, 0.29) is 24.0 Å². The fourth-order valence-corrected chi connectivity index (χ4v) is 2.06. The summed E-state index contributed by atoms with van der Waals surface area (Å²) < 4.78 is 0. The number of nitrogens with one attached hydrogen (secondary N) is 1. The Labute approximate surface area is 111 Å². The van der Waals surface area contributed by atoms with Gasteiger partial charge in [-0.1, -0.05) is 34.1 Å². The van der Waals surface area contributed by atoms with Gasteiger partial charge in [0.25, 0.3) is 0 Å². The maximum absolute atomic E-state index is 11.7. The van der Waals surface area contributed by atoms with Gasteiger partial charge in [-0.25, -0.2) is 0 Å². The molecule has 4 N–H and O–H groups in total. The molecular formula is C14H30N2O2. The minimum Gasteiger partial charge on any atom is -0.396 e. The number of hydrogen-bond donors (Lipinski definition) is 3. The van der Waals surface area contributed by atoms with E-state index in [2.05, 4.69) is 33.0 Å². The van der Waals surface area contributed by atoms with Crippen LogP contribution in [0, 0.1) is 11.3 Å². The topological polar surface area (TPSA) is 75.3 Å². The molecule has 0 heterocycles. The van der Waals surface area contributed by atoms with Gasteiger partial charge in [0.2, 0.25) is 5.91 Å². The summed E-state index contributed by atoms with van der Waals surface area (Å²) in [6.07, 6.45) is 2.93. The van der Waals surface area contributed by atoms with Crippen molar-refractivity contribution < 1.29 is 9.90 Å². The first kappa shape index (κ1) is 17.4. The molecule has 0 aliphatic heterocycles. The molecule has 0 fully saturated rings. The van der Waals surface area contributed by atoms with Crippen LogP contribution < -0.4 is 11.1 Å². The Bertz CT molecular complexity index is 236. The minimum atomic E-state index is -0.0806. The van der Waals surface area contributed by atoms with Gasteiger partial charge >= 0.3 is 0 Å². The van der Waals surface area contributed by atoms with E-state index in [0.717, 1.165) is 19.3 Å². The molecule has 4 heteroatoms. The zero-order valence-electron chi connectivity index (χ0n) is 12.3. The van der Waals surface area contributed by atoms with Crippen molar-refractivity contribution in [1.82, 2.24) is 5.32 Å². The quantitative estimate of drug-likeness (QED) is 0.620. The predicted molar refractivity (Wildman–Crippen MR) is 75.2 cm³/mol. The molecule has 0 bridgehead atoms. The molecular weight excluding hydrogens is 228 g/mol. The van der Waals surface area contributed by atoms with E-state index >= 15 is 0 Å². The van der Waals surface area contributed by atoms with Crippen molar-refractivity contribution in [2.24, 2.45) is 17.1 Å². The lowest BCUT2D eigenvalue weighted by Crippen LogP contribution is -2.36. The smallest absolute Gasteiger partial charge is 0.221 e. The number of aliphatic hydroxyl groups excluding tert-OH is 1. The van der Waals surface area contributed by atoms with Crippen LogP contribution in [0.1, 0.15) is 53.4 Å².